The van der Waals surface area contributed by atoms with Gasteiger partial charge in [0.05, 0.1) is 19.3 Å². The third-order valence-corrected chi connectivity index (χ3v) is 3.80. The zero-order chi connectivity index (χ0) is 13.9. The Morgan fingerprint density at radius 2 is 1.85 bits per heavy atom. The van der Waals surface area contributed by atoms with Crippen LogP contribution in [0.15, 0.2) is 24.3 Å². The molecule has 4 nitrogen and oxygen atoms in total. The highest BCUT2D eigenvalue weighted by Gasteiger charge is 2.33. The van der Waals surface area contributed by atoms with Crippen molar-refractivity contribution in [3.05, 3.63) is 35.6 Å². The maximum atomic E-state index is 12.9. The summed E-state index contributed by atoms with van der Waals surface area (Å²) in [5, 5.41) is 10.3. The van der Waals surface area contributed by atoms with E-state index in [1.165, 1.54) is 12.1 Å². The van der Waals surface area contributed by atoms with Gasteiger partial charge in [-0.2, -0.15) is 0 Å². The van der Waals surface area contributed by atoms with Crippen molar-refractivity contribution in [3.63, 3.8) is 0 Å². The average Bonchev–Trinajstić information content (AvgIpc) is 3.17. The quantitative estimate of drug-likeness (QED) is 0.861. The Balaban J connectivity index is 1.59. The number of benzene rings is 1. The molecule has 1 saturated heterocycles. The molecule has 1 aliphatic heterocycles. The summed E-state index contributed by atoms with van der Waals surface area (Å²) in [7, 11) is 0. The summed E-state index contributed by atoms with van der Waals surface area (Å²) in [5.74, 6) is -0.284. The minimum atomic E-state index is -0.613. The molecule has 1 aromatic rings. The van der Waals surface area contributed by atoms with Crippen LogP contribution in [0.3, 0.4) is 0 Å². The molecule has 3 rings (SSSR count). The standard InChI is InChI=1S/C15H20FNO3/c16-12-3-1-11(2-4-12)14(18)9-17(13-5-6-13)10-15-19-7-8-20-15/h1-4,13-15,18H,5-10H2. The molecular formula is C15H20FNO3. The molecular weight excluding hydrogens is 261 g/mol. The highest BCUT2D eigenvalue weighted by Crippen LogP contribution is 2.29. The van der Waals surface area contributed by atoms with E-state index in [1.54, 1.807) is 12.1 Å². The molecule has 20 heavy (non-hydrogen) atoms. The molecule has 0 amide bonds. The van der Waals surface area contributed by atoms with E-state index in [4.69, 9.17) is 9.47 Å². The summed E-state index contributed by atoms with van der Waals surface area (Å²) in [6.07, 6.45) is 1.51. The van der Waals surface area contributed by atoms with Gasteiger partial charge in [-0.05, 0) is 30.5 Å². The lowest BCUT2D eigenvalue weighted by Gasteiger charge is -2.27. The van der Waals surface area contributed by atoms with Crippen LogP contribution in [0.25, 0.3) is 0 Å². The fraction of sp³-hybridized carbons (Fsp3) is 0.600. The lowest BCUT2D eigenvalue weighted by atomic mass is 10.1. The van der Waals surface area contributed by atoms with Crippen LogP contribution in [0.4, 0.5) is 4.39 Å². The Morgan fingerprint density at radius 1 is 1.20 bits per heavy atom. The molecule has 110 valence electrons. The number of aliphatic hydroxyl groups is 1. The molecule has 5 heteroatoms. The van der Waals surface area contributed by atoms with Gasteiger partial charge in [0.2, 0.25) is 0 Å². The second-order valence-corrected chi connectivity index (χ2v) is 5.42. The van der Waals surface area contributed by atoms with Gasteiger partial charge in [0.15, 0.2) is 6.29 Å². The minimum Gasteiger partial charge on any atom is -0.387 e. The molecule has 1 N–H and O–H groups in total. The number of hydrogen-bond acceptors (Lipinski definition) is 4. The Morgan fingerprint density at radius 3 is 2.45 bits per heavy atom. The minimum absolute atomic E-state index is 0.184. The van der Waals surface area contributed by atoms with Crippen molar-refractivity contribution in [2.75, 3.05) is 26.3 Å². The van der Waals surface area contributed by atoms with Crippen LogP contribution in [-0.2, 0) is 9.47 Å². The van der Waals surface area contributed by atoms with Gasteiger partial charge in [0.1, 0.15) is 5.82 Å². The topological polar surface area (TPSA) is 41.9 Å². The van der Waals surface area contributed by atoms with E-state index >= 15 is 0 Å². The summed E-state index contributed by atoms with van der Waals surface area (Å²) in [4.78, 5) is 2.21. The zero-order valence-corrected chi connectivity index (χ0v) is 11.4. The van der Waals surface area contributed by atoms with Crippen molar-refractivity contribution in [2.45, 2.75) is 31.3 Å². The Labute approximate surface area is 118 Å². The van der Waals surface area contributed by atoms with Crippen molar-refractivity contribution in [1.82, 2.24) is 4.90 Å². The maximum Gasteiger partial charge on any atom is 0.170 e. The zero-order valence-electron chi connectivity index (χ0n) is 11.4. The van der Waals surface area contributed by atoms with Gasteiger partial charge < -0.3 is 14.6 Å². The fourth-order valence-electron chi connectivity index (χ4n) is 2.53. The summed E-state index contributed by atoms with van der Waals surface area (Å²) >= 11 is 0. The van der Waals surface area contributed by atoms with Crippen molar-refractivity contribution >= 4 is 0 Å². The SMILES string of the molecule is OC(CN(CC1OCCO1)C1CC1)c1ccc(F)cc1. The van der Waals surface area contributed by atoms with Crippen LogP contribution in [0.2, 0.25) is 0 Å². The molecule has 0 radical (unpaired) electrons. The van der Waals surface area contributed by atoms with E-state index in [-0.39, 0.29) is 12.1 Å². The van der Waals surface area contributed by atoms with Gasteiger partial charge >= 0.3 is 0 Å². The first kappa shape index (κ1) is 13.9. The van der Waals surface area contributed by atoms with Gasteiger partial charge in [-0.25, -0.2) is 4.39 Å². The summed E-state index contributed by atoms with van der Waals surface area (Å²) in [5.41, 5.74) is 0.741. The largest absolute Gasteiger partial charge is 0.387 e. The highest BCUT2D eigenvalue weighted by atomic mass is 19.1. The van der Waals surface area contributed by atoms with Crippen LogP contribution in [-0.4, -0.2) is 48.6 Å². The molecule has 0 spiro atoms. The Bertz CT molecular complexity index is 429. The van der Waals surface area contributed by atoms with Gasteiger partial charge in [0, 0.05) is 19.1 Å². The number of nitrogens with zero attached hydrogens (tertiary/aromatic N) is 1. The average molecular weight is 281 g/mol. The van der Waals surface area contributed by atoms with Gasteiger partial charge in [-0.15, -0.1) is 0 Å². The number of hydrogen-bond donors (Lipinski definition) is 1. The van der Waals surface area contributed by atoms with E-state index in [9.17, 15) is 9.50 Å². The number of ether oxygens (including phenoxy) is 2. The van der Waals surface area contributed by atoms with Crippen molar-refractivity contribution in [3.8, 4) is 0 Å². The monoisotopic (exact) mass is 281 g/mol. The first-order valence-electron chi connectivity index (χ1n) is 7.13. The predicted octanol–water partition coefficient (Wildman–Crippen LogP) is 1.70. The Hall–Kier alpha value is -1.01. The lowest BCUT2D eigenvalue weighted by Crippen LogP contribution is -2.37. The van der Waals surface area contributed by atoms with Crippen LogP contribution >= 0.6 is 0 Å². The van der Waals surface area contributed by atoms with Gasteiger partial charge in [-0.1, -0.05) is 12.1 Å². The second kappa shape index (κ2) is 6.18. The third-order valence-electron chi connectivity index (χ3n) is 3.80. The van der Waals surface area contributed by atoms with E-state index < -0.39 is 6.10 Å². The number of halogens is 1. The first-order chi connectivity index (χ1) is 9.72. The molecule has 1 aliphatic carbocycles. The molecule has 0 bridgehead atoms. The second-order valence-electron chi connectivity index (χ2n) is 5.42. The molecule has 1 saturated carbocycles. The van der Waals surface area contributed by atoms with E-state index in [0.717, 1.165) is 18.4 Å². The van der Waals surface area contributed by atoms with E-state index in [2.05, 4.69) is 4.90 Å². The van der Waals surface area contributed by atoms with E-state index in [1.807, 2.05) is 0 Å². The normalized spacial score (nSPS) is 21.6. The van der Waals surface area contributed by atoms with Crippen LogP contribution in [0.5, 0.6) is 0 Å². The molecule has 1 heterocycles. The molecule has 1 atom stereocenters. The smallest absolute Gasteiger partial charge is 0.170 e. The highest BCUT2D eigenvalue weighted by molar-refractivity contribution is 5.18. The van der Waals surface area contributed by atoms with Crippen molar-refractivity contribution < 1.29 is 19.0 Å². The summed E-state index contributed by atoms with van der Waals surface area (Å²) in [6.45, 7) is 2.50. The number of rotatable bonds is 6. The molecule has 2 aliphatic rings. The van der Waals surface area contributed by atoms with Gasteiger partial charge in [-0.3, -0.25) is 4.90 Å². The third kappa shape index (κ3) is 3.55. The van der Waals surface area contributed by atoms with Crippen molar-refractivity contribution in [1.29, 1.82) is 0 Å². The van der Waals surface area contributed by atoms with Crippen LogP contribution < -0.4 is 0 Å². The van der Waals surface area contributed by atoms with Crippen molar-refractivity contribution in [2.24, 2.45) is 0 Å². The summed E-state index contributed by atoms with van der Waals surface area (Å²) < 4.78 is 23.8. The Kier molecular flexibility index (Phi) is 4.31. The number of aliphatic hydroxyl groups excluding tert-OH is 1. The van der Waals surface area contributed by atoms with E-state index in [0.29, 0.717) is 32.3 Å². The molecule has 2 fully saturated rings. The van der Waals surface area contributed by atoms with Gasteiger partial charge in [0.25, 0.3) is 0 Å². The molecule has 0 aromatic heterocycles. The van der Waals surface area contributed by atoms with Crippen LogP contribution in [0.1, 0.15) is 24.5 Å². The summed E-state index contributed by atoms with van der Waals surface area (Å²) in [6, 6.07) is 6.53. The maximum absolute atomic E-state index is 12.9. The lowest BCUT2D eigenvalue weighted by molar-refractivity contribution is -0.0685. The molecule has 1 aromatic carbocycles. The molecule has 1 unspecified atom stereocenters. The fourth-order valence-corrected chi connectivity index (χ4v) is 2.53. The van der Waals surface area contributed by atoms with Crippen LogP contribution in [0, 0.1) is 5.82 Å². The first-order valence-corrected chi connectivity index (χ1v) is 7.13. The predicted molar refractivity (Wildman–Crippen MR) is 71.6 cm³/mol.